The molecule has 9 heteroatoms. The number of nitrogens with zero attached hydrogens (tertiary/aromatic N) is 3. The molecular formula is C14H18N4O4S. The topological polar surface area (TPSA) is 99.2 Å². The van der Waals surface area contributed by atoms with Gasteiger partial charge in [0.2, 0.25) is 5.91 Å². The minimum Gasteiger partial charge on any atom is -0.469 e. The maximum Gasteiger partial charge on any atom is 0.413 e. The molecule has 1 atom stereocenters. The van der Waals surface area contributed by atoms with Crippen molar-refractivity contribution in [2.75, 3.05) is 7.11 Å². The number of alkyl carbamates (subject to hydrolysis) is 1. The number of nitrogens with one attached hydrogen (secondary N) is 1. The number of aryl methyl sites for hydroxylation is 1. The summed E-state index contributed by atoms with van der Waals surface area (Å²) in [4.78, 5) is 23.0. The van der Waals surface area contributed by atoms with Crippen LogP contribution in [0.2, 0.25) is 0 Å². The Morgan fingerprint density at radius 2 is 2.22 bits per heavy atom. The second-order valence-corrected chi connectivity index (χ2v) is 5.99. The third-order valence-corrected chi connectivity index (χ3v) is 4.28. The molecule has 2 amide bonds. The van der Waals surface area contributed by atoms with E-state index in [2.05, 4.69) is 20.3 Å². The lowest BCUT2D eigenvalue weighted by molar-refractivity contribution is -0.119. The van der Waals surface area contributed by atoms with Gasteiger partial charge in [0.1, 0.15) is 5.76 Å². The molecule has 2 heterocycles. The second kappa shape index (κ2) is 7.32. The first-order valence-corrected chi connectivity index (χ1v) is 7.89. The highest BCUT2D eigenvalue weighted by atomic mass is 32.2. The molecule has 0 saturated carbocycles. The number of carbonyl (C=O) groups excluding carboxylic acids is 2. The molecule has 0 aromatic carbocycles. The lowest BCUT2D eigenvalue weighted by Crippen LogP contribution is -2.36. The fraction of sp³-hybridized carbons (Fsp3) is 0.429. The Balaban J connectivity index is 2.18. The fourth-order valence-electron chi connectivity index (χ4n) is 1.94. The number of hydrogen-bond acceptors (Lipinski definition) is 7. The minimum atomic E-state index is -0.783. The molecular weight excluding hydrogens is 320 g/mol. The maximum absolute atomic E-state index is 11.9. The van der Waals surface area contributed by atoms with Crippen molar-refractivity contribution >= 4 is 23.8 Å². The molecule has 0 unspecified atom stereocenters. The van der Waals surface area contributed by atoms with E-state index in [0.717, 1.165) is 11.3 Å². The van der Waals surface area contributed by atoms with Gasteiger partial charge in [0.25, 0.3) is 0 Å². The minimum absolute atomic E-state index is 0.450. The molecule has 0 spiro atoms. The SMILES string of the molecule is CCn1c(S[C@@H](C)C(=O)NC(=O)OC)nnc1-c1ccoc1C. The van der Waals surface area contributed by atoms with Crippen molar-refractivity contribution < 1.29 is 18.7 Å². The van der Waals surface area contributed by atoms with Crippen LogP contribution in [0, 0.1) is 6.92 Å². The van der Waals surface area contributed by atoms with Crippen molar-refractivity contribution in [3.8, 4) is 11.4 Å². The number of hydrogen-bond donors (Lipinski definition) is 1. The number of amides is 2. The first-order chi connectivity index (χ1) is 11.0. The standard InChI is InChI=1S/C14H18N4O4S/c1-5-18-11(10-6-7-22-8(10)2)16-17-13(18)23-9(3)12(19)15-14(20)21-4/h6-7,9H,5H2,1-4H3,(H,15,19,20)/t9-/m0/s1. The van der Waals surface area contributed by atoms with Crippen molar-refractivity contribution in [2.24, 2.45) is 0 Å². The molecule has 8 nitrogen and oxygen atoms in total. The summed E-state index contributed by atoms with van der Waals surface area (Å²) in [6.45, 7) is 6.13. The van der Waals surface area contributed by atoms with Crippen LogP contribution < -0.4 is 5.32 Å². The number of aromatic nitrogens is 3. The molecule has 2 aromatic heterocycles. The van der Waals surface area contributed by atoms with E-state index in [1.807, 2.05) is 24.5 Å². The summed E-state index contributed by atoms with van der Waals surface area (Å²) in [5, 5.41) is 10.5. The molecule has 23 heavy (non-hydrogen) atoms. The van der Waals surface area contributed by atoms with E-state index in [1.54, 1.807) is 13.2 Å². The van der Waals surface area contributed by atoms with Crippen LogP contribution in [0.15, 0.2) is 21.9 Å². The van der Waals surface area contributed by atoms with Gasteiger partial charge in [-0.2, -0.15) is 0 Å². The highest BCUT2D eigenvalue weighted by Gasteiger charge is 2.22. The molecule has 2 aromatic rings. The zero-order valence-electron chi connectivity index (χ0n) is 13.3. The van der Waals surface area contributed by atoms with E-state index in [1.165, 1.54) is 18.9 Å². The second-order valence-electron chi connectivity index (χ2n) is 4.68. The smallest absolute Gasteiger partial charge is 0.413 e. The molecule has 0 aliphatic rings. The summed E-state index contributed by atoms with van der Waals surface area (Å²) in [6, 6.07) is 1.83. The van der Waals surface area contributed by atoms with Gasteiger partial charge in [0, 0.05) is 6.54 Å². The number of carbonyl (C=O) groups is 2. The van der Waals surface area contributed by atoms with Gasteiger partial charge in [-0.15, -0.1) is 10.2 Å². The van der Waals surface area contributed by atoms with Crippen LogP contribution in [0.4, 0.5) is 4.79 Å². The summed E-state index contributed by atoms with van der Waals surface area (Å²) >= 11 is 1.22. The lowest BCUT2D eigenvalue weighted by atomic mass is 10.2. The molecule has 0 fully saturated rings. The molecule has 0 bridgehead atoms. The fourth-order valence-corrected chi connectivity index (χ4v) is 2.85. The quantitative estimate of drug-likeness (QED) is 0.834. The van der Waals surface area contributed by atoms with Gasteiger partial charge < -0.3 is 13.7 Å². The zero-order chi connectivity index (χ0) is 17.0. The number of thioether (sulfide) groups is 1. The predicted molar refractivity (Wildman–Crippen MR) is 84.0 cm³/mol. The summed E-state index contributed by atoms with van der Waals surface area (Å²) in [5.74, 6) is 0.982. The number of imide groups is 1. The summed E-state index contributed by atoms with van der Waals surface area (Å²) in [7, 11) is 1.20. The molecule has 0 radical (unpaired) electrons. The zero-order valence-corrected chi connectivity index (χ0v) is 14.1. The summed E-state index contributed by atoms with van der Waals surface area (Å²) < 4.78 is 11.6. The van der Waals surface area contributed by atoms with E-state index in [-0.39, 0.29) is 0 Å². The third kappa shape index (κ3) is 3.73. The molecule has 0 aliphatic carbocycles. The van der Waals surface area contributed by atoms with Crippen LogP contribution in [-0.2, 0) is 16.1 Å². The van der Waals surface area contributed by atoms with E-state index < -0.39 is 17.3 Å². The highest BCUT2D eigenvalue weighted by Crippen LogP contribution is 2.28. The van der Waals surface area contributed by atoms with Crippen molar-refractivity contribution in [3.05, 3.63) is 18.1 Å². The third-order valence-electron chi connectivity index (χ3n) is 3.19. The Morgan fingerprint density at radius 1 is 1.48 bits per heavy atom. The average Bonchev–Trinajstić information content (AvgIpc) is 3.12. The predicted octanol–water partition coefficient (Wildman–Crippen LogP) is 2.23. The van der Waals surface area contributed by atoms with E-state index >= 15 is 0 Å². The molecule has 2 rings (SSSR count). The van der Waals surface area contributed by atoms with E-state index in [4.69, 9.17) is 4.42 Å². The Kier molecular flexibility index (Phi) is 5.43. The number of furan rings is 1. The van der Waals surface area contributed by atoms with Gasteiger partial charge in [-0.05, 0) is 26.8 Å². The normalized spacial score (nSPS) is 12.0. The van der Waals surface area contributed by atoms with Crippen LogP contribution in [0.3, 0.4) is 0 Å². The number of rotatable bonds is 5. The first kappa shape index (κ1) is 17.1. The molecule has 124 valence electrons. The van der Waals surface area contributed by atoms with Crippen LogP contribution in [-0.4, -0.2) is 39.1 Å². The van der Waals surface area contributed by atoms with Gasteiger partial charge in [0.05, 0.1) is 24.2 Å². The van der Waals surface area contributed by atoms with Crippen LogP contribution in [0.5, 0.6) is 0 Å². The lowest BCUT2D eigenvalue weighted by Gasteiger charge is -2.11. The van der Waals surface area contributed by atoms with Crippen LogP contribution in [0.1, 0.15) is 19.6 Å². The van der Waals surface area contributed by atoms with Gasteiger partial charge >= 0.3 is 6.09 Å². The molecule has 0 saturated heterocycles. The van der Waals surface area contributed by atoms with Crippen molar-refractivity contribution in [2.45, 2.75) is 37.7 Å². The Hall–Kier alpha value is -2.29. The number of ether oxygens (including phenoxy) is 1. The van der Waals surface area contributed by atoms with Gasteiger partial charge in [-0.3, -0.25) is 10.1 Å². The highest BCUT2D eigenvalue weighted by molar-refractivity contribution is 8.00. The summed E-state index contributed by atoms with van der Waals surface area (Å²) in [6.07, 6.45) is 0.813. The average molecular weight is 338 g/mol. The first-order valence-electron chi connectivity index (χ1n) is 7.01. The van der Waals surface area contributed by atoms with Crippen molar-refractivity contribution in [3.63, 3.8) is 0 Å². The van der Waals surface area contributed by atoms with E-state index in [0.29, 0.717) is 17.5 Å². The van der Waals surface area contributed by atoms with Gasteiger partial charge in [-0.1, -0.05) is 11.8 Å². The van der Waals surface area contributed by atoms with E-state index in [9.17, 15) is 9.59 Å². The summed E-state index contributed by atoms with van der Waals surface area (Å²) in [5.41, 5.74) is 0.859. The van der Waals surface area contributed by atoms with Crippen LogP contribution in [0.25, 0.3) is 11.4 Å². The van der Waals surface area contributed by atoms with Crippen molar-refractivity contribution in [1.29, 1.82) is 0 Å². The van der Waals surface area contributed by atoms with Gasteiger partial charge in [0.15, 0.2) is 11.0 Å². The maximum atomic E-state index is 11.9. The van der Waals surface area contributed by atoms with Crippen LogP contribution >= 0.6 is 11.8 Å². The largest absolute Gasteiger partial charge is 0.469 e. The van der Waals surface area contributed by atoms with Gasteiger partial charge in [-0.25, -0.2) is 4.79 Å². The van der Waals surface area contributed by atoms with Crippen molar-refractivity contribution in [1.82, 2.24) is 20.1 Å². The number of methoxy groups -OCH3 is 1. The Labute approximate surface area is 137 Å². The Bertz CT molecular complexity index is 709. The monoisotopic (exact) mass is 338 g/mol. The Morgan fingerprint density at radius 3 is 2.78 bits per heavy atom. The molecule has 1 N–H and O–H groups in total. The molecule has 0 aliphatic heterocycles.